The van der Waals surface area contributed by atoms with Gasteiger partial charge in [-0.2, -0.15) is 5.10 Å². The first-order chi connectivity index (χ1) is 9.19. The molecule has 1 aromatic heterocycles. The predicted molar refractivity (Wildman–Crippen MR) is 78.7 cm³/mol. The Morgan fingerprint density at radius 1 is 1.26 bits per heavy atom. The van der Waals surface area contributed by atoms with Crippen molar-refractivity contribution in [3.63, 3.8) is 0 Å². The van der Waals surface area contributed by atoms with Gasteiger partial charge in [0.25, 0.3) is 0 Å². The van der Waals surface area contributed by atoms with Gasteiger partial charge in [-0.25, -0.2) is 0 Å². The van der Waals surface area contributed by atoms with E-state index in [1.54, 1.807) is 0 Å². The number of nitrogens with one attached hydrogen (secondary N) is 2. The minimum absolute atomic E-state index is 0.129. The number of hydrogen-bond acceptors (Lipinski definition) is 3. The zero-order valence-corrected chi connectivity index (χ0v) is 11.1. The summed E-state index contributed by atoms with van der Waals surface area (Å²) < 4.78 is 0. The van der Waals surface area contributed by atoms with Gasteiger partial charge in [0.15, 0.2) is 0 Å². The maximum atomic E-state index is 11.4. The molecule has 2 aromatic rings. The molecule has 2 N–H and O–H groups in total. The number of aromatic amines is 1. The first-order valence-electron chi connectivity index (χ1n) is 6.28. The molecule has 0 aliphatic heterocycles. The van der Waals surface area contributed by atoms with Gasteiger partial charge in [-0.05, 0) is 25.0 Å². The largest absolute Gasteiger partial charge is 0.326 e. The molecular formula is C15H17N3O. The number of H-pyrrole nitrogens is 1. The molecule has 0 spiro atoms. The third kappa shape index (κ3) is 3.55. The molecular weight excluding hydrogens is 238 g/mol. The lowest BCUT2D eigenvalue weighted by Crippen LogP contribution is -2.08. The molecule has 19 heavy (non-hydrogen) atoms. The standard InChI is InChI=1S/C15H17N3O/c1-3-14(12-7-5-4-6-8-12)18-17-13-9-11(2)16-15(19)10-13/h4-10H,3H2,1-2H3,(H2,16,17,19). The van der Waals surface area contributed by atoms with Gasteiger partial charge in [0.2, 0.25) is 5.56 Å². The highest BCUT2D eigenvalue weighted by Gasteiger charge is 2.00. The fraction of sp³-hybridized carbons (Fsp3) is 0.200. The molecule has 0 aliphatic carbocycles. The van der Waals surface area contributed by atoms with Gasteiger partial charge in [0.05, 0.1) is 11.4 Å². The van der Waals surface area contributed by atoms with Crippen molar-refractivity contribution in [2.75, 3.05) is 5.43 Å². The zero-order valence-electron chi connectivity index (χ0n) is 11.1. The maximum Gasteiger partial charge on any atom is 0.250 e. The summed E-state index contributed by atoms with van der Waals surface area (Å²) in [6, 6.07) is 13.3. The number of aryl methyl sites for hydroxylation is 1. The van der Waals surface area contributed by atoms with Crippen LogP contribution in [0.2, 0.25) is 0 Å². The molecule has 98 valence electrons. The van der Waals surface area contributed by atoms with Crippen LogP contribution in [0.3, 0.4) is 0 Å². The summed E-state index contributed by atoms with van der Waals surface area (Å²) in [6.07, 6.45) is 0.819. The molecule has 0 bridgehead atoms. The Morgan fingerprint density at radius 2 is 2.00 bits per heavy atom. The van der Waals surface area contributed by atoms with E-state index in [1.165, 1.54) is 6.07 Å². The third-order valence-corrected chi connectivity index (χ3v) is 2.74. The highest BCUT2D eigenvalue weighted by molar-refractivity contribution is 6.00. The average Bonchev–Trinajstić information content (AvgIpc) is 2.39. The highest BCUT2D eigenvalue weighted by atomic mass is 16.1. The Hall–Kier alpha value is -2.36. The van der Waals surface area contributed by atoms with Crippen molar-refractivity contribution in [2.24, 2.45) is 5.10 Å². The SMILES string of the molecule is CCC(=NNc1cc(C)[nH]c(=O)c1)c1ccccc1. The van der Waals surface area contributed by atoms with Crippen LogP contribution in [-0.4, -0.2) is 10.7 Å². The number of pyridine rings is 1. The van der Waals surface area contributed by atoms with Crippen molar-refractivity contribution in [2.45, 2.75) is 20.3 Å². The van der Waals surface area contributed by atoms with Gasteiger partial charge in [0, 0.05) is 11.8 Å². The van der Waals surface area contributed by atoms with E-state index in [4.69, 9.17) is 0 Å². The van der Waals surface area contributed by atoms with Crippen LogP contribution in [0.1, 0.15) is 24.6 Å². The molecule has 2 rings (SSSR count). The Labute approximate surface area is 112 Å². The van der Waals surface area contributed by atoms with E-state index in [0.717, 1.165) is 23.4 Å². The number of hydrogen-bond donors (Lipinski definition) is 2. The molecule has 0 amide bonds. The average molecular weight is 255 g/mol. The number of nitrogens with zero attached hydrogens (tertiary/aromatic N) is 1. The topological polar surface area (TPSA) is 57.2 Å². The molecule has 0 saturated heterocycles. The van der Waals surface area contributed by atoms with Gasteiger partial charge in [0.1, 0.15) is 0 Å². The molecule has 0 unspecified atom stereocenters. The van der Waals surface area contributed by atoms with Crippen LogP contribution in [0.5, 0.6) is 0 Å². The van der Waals surface area contributed by atoms with E-state index in [-0.39, 0.29) is 5.56 Å². The van der Waals surface area contributed by atoms with Crippen LogP contribution in [0, 0.1) is 6.92 Å². The fourth-order valence-corrected chi connectivity index (χ4v) is 1.86. The van der Waals surface area contributed by atoms with Crippen LogP contribution in [0.15, 0.2) is 52.4 Å². The van der Waals surface area contributed by atoms with Crippen molar-refractivity contribution >= 4 is 11.4 Å². The van der Waals surface area contributed by atoms with Crippen molar-refractivity contribution in [1.29, 1.82) is 0 Å². The number of aromatic nitrogens is 1. The van der Waals surface area contributed by atoms with Crippen LogP contribution in [0.25, 0.3) is 0 Å². The van der Waals surface area contributed by atoms with Crippen molar-refractivity contribution in [3.05, 3.63) is 64.1 Å². The van der Waals surface area contributed by atoms with E-state index in [2.05, 4.69) is 22.4 Å². The molecule has 1 heterocycles. The summed E-state index contributed by atoms with van der Waals surface area (Å²) >= 11 is 0. The molecule has 0 atom stereocenters. The smallest absolute Gasteiger partial charge is 0.250 e. The molecule has 4 nitrogen and oxygen atoms in total. The van der Waals surface area contributed by atoms with Gasteiger partial charge in [-0.15, -0.1) is 0 Å². The van der Waals surface area contributed by atoms with Crippen LogP contribution >= 0.6 is 0 Å². The Bertz CT molecular complexity index is 629. The summed E-state index contributed by atoms with van der Waals surface area (Å²) in [5.74, 6) is 0. The Balaban J connectivity index is 2.23. The summed E-state index contributed by atoms with van der Waals surface area (Å²) in [7, 11) is 0. The van der Waals surface area contributed by atoms with E-state index < -0.39 is 0 Å². The lowest BCUT2D eigenvalue weighted by atomic mass is 10.1. The summed E-state index contributed by atoms with van der Waals surface area (Å²) in [6.45, 7) is 3.89. The van der Waals surface area contributed by atoms with Crippen molar-refractivity contribution in [3.8, 4) is 0 Å². The van der Waals surface area contributed by atoms with Crippen molar-refractivity contribution < 1.29 is 0 Å². The summed E-state index contributed by atoms with van der Waals surface area (Å²) in [4.78, 5) is 14.1. The molecule has 0 aliphatic rings. The number of rotatable bonds is 4. The quantitative estimate of drug-likeness (QED) is 0.652. The summed E-state index contributed by atoms with van der Waals surface area (Å²) in [5, 5.41) is 4.38. The first-order valence-corrected chi connectivity index (χ1v) is 6.28. The van der Waals surface area contributed by atoms with Gasteiger partial charge in [-0.1, -0.05) is 37.3 Å². The molecule has 0 radical (unpaired) electrons. The highest BCUT2D eigenvalue weighted by Crippen LogP contribution is 2.08. The van der Waals surface area contributed by atoms with E-state index in [0.29, 0.717) is 5.69 Å². The number of benzene rings is 1. The minimum Gasteiger partial charge on any atom is -0.326 e. The van der Waals surface area contributed by atoms with E-state index >= 15 is 0 Å². The second-order valence-electron chi connectivity index (χ2n) is 4.31. The third-order valence-electron chi connectivity index (χ3n) is 2.74. The molecule has 0 saturated carbocycles. The van der Waals surface area contributed by atoms with Gasteiger partial charge < -0.3 is 4.98 Å². The Morgan fingerprint density at radius 3 is 2.63 bits per heavy atom. The molecule has 4 heteroatoms. The van der Waals surface area contributed by atoms with Gasteiger partial charge >= 0.3 is 0 Å². The summed E-state index contributed by atoms with van der Waals surface area (Å²) in [5.41, 5.74) is 6.36. The normalized spacial score (nSPS) is 11.4. The monoisotopic (exact) mass is 255 g/mol. The second-order valence-corrected chi connectivity index (χ2v) is 4.31. The van der Waals surface area contributed by atoms with E-state index in [1.807, 2.05) is 43.3 Å². The fourth-order valence-electron chi connectivity index (χ4n) is 1.86. The lowest BCUT2D eigenvalue weighted by Gasteiger charge is -2.06. The van der Waals surface area contributed by atoms with Crippen LogP contribution in [-0.2, 0) is 0 Å². The number of anilines is 1. The zero-order chi connectivity index (χ0) is 13.7. The Kier molecular flexibility index (Phi) is 4.13. The maximum absolute atomic E-state index is 11.4. The lowest BCUT2D eigenvalue weighted by molar-refractivity contribution is 1.13. The molecule has 0 fully saturated rings. The van der Waals surface area contributed by atoms with Crippen LogP contribution < -0.4 is 11.0 Å². The van der Waals surface area contributed by atoms with Gasteiger partial charge in [-0.3, -0.25) is 10.2 Å². The molecule has 1 aromatic carbocycles. The predicted octanol–water partition coefficient (Wildman–Crippen LogP) is 2.91. The van der Waals surface area contributed by atoms with E-state index in [9.17, 15) is 4.79 Å². The first kappa shape index (κ1) is 13.1. The van der Waals surface area contributed by atoms with Crippen LogP contribution in [0.4, 0.5) is 5.69 Å². The number of hydrazone groups is 1. The van der Waals surface area contributed by atoms with Crippen molar-refractivity contribution in [1.82, 2.24) is 4.98 Å². The second kappa shape index (κ2) is 6.00. The minimum atomic E-state index is -0.129.